The third-order valence-corrected chi connectivity index (χ3v) is 3.79. The topological polar surface area (TPSA) is 21.3 Å². The molecule has 1 aliphatic rings. The molecule has 0 spiro atoms. The van der Waals surface area contributed by atoms with E-state index in [0.29, 0.717) is 5.92 Å². The first-order chi connectivity index (χ1) is 8.22. The molecule has 2 nitrogen and oxygen atoms in total. The molecule has 2 atom stereocenters. The summed E-state index contributed by atoms with van der Waals surface area (Å²) < 4.78 is 5.72. The van der Waals surface area contributed by atoms with E-state index >= 15 is 0 Å². The maximum absolute atomic E-state index is 6.35. The van der Waals surface area contributed by atoms with Gasteiger partial charge in [0.05, 0.1) is 12.7 Å². The molecule has 2 unspecified atom stereocenters. The first kappa shape index (κ1) is 12.9. The van der Waals surface area contributed by atoms with Crippen molar-refractivity contribution in [3.05, 3.63) is 34.3 Å². The molecular weight excluding hydrogens is 234 g/mol. The van der Waals surface area contributed by atoms with Crippen LogP contribution in [0.2, 0.25) is 5.02 Å². The number of rotatable bonds is 3. The van der Waals surface area contributed by atoms with Crippen LogP contribution in [0.4, 0.5) is 0 Å². The smallest absolute Gasteiger partial charge is 0.0950 e. The molecular formula is C14H20ClNO. The van der Waals surface area contributed by atoms with Gasteiger partial charge in [-0.25, -0.2) is 0 Å². The minimum absolute atomic E-state index is 0.146. The summed E-state index contributed by atoms with van der Waals surface area (Å²) in [4.78, 5) is 0. The van der Waals surface area contributed by atoms with Crippen LogP contribution in [0.5, 0.6) is 0 Å². The summed E-state index contributed by atoms with van der Waals surface area (Å²) in [6.45, 7) is 6.98. The normalized spacial score (nSPS) is 22.4. The van der Waals surface area contributed by atoms with E-state index in [-0.39, 0.29) is 6.10 Å². The van der Waals surface area contributed by atoms with E-state index in [1.807, 2.05) is 0 Å². The number of benzene rings is 1. The molecule has 1 saturated heterocycles. The number of hydrogen-bond acceptors (Lipinski definition) is 2. The molecule has 0 bridgehead atoms. The Morgan fingerprint density at radius 1 is 1.53 bits per heavy atom. The summed E-state index contributed by atoms with van der Waals surface area (Å²) in [7, 11) is 0. The van der Waals surface area contributed by atoms with Gasteiger partial charge in [-0.2, -0.15) is 0 Å². The van der Waals surface area contributed by atoms with E-state index in [4.69, 9.17) is 16.3 Å². The SMILES string of the molecule is CCC(C)c1ccc(C2CNCCO2)cc1Cl. The first-order valence-corrected chi connectivity index (χ1v) is 6.71. The van der Waals surface area contributed by atoms with Crippen molar-refractivity contribution in [1.29, 1.82) is 0 Å². The van der Waals surface area contributed by atoms with E-state index in [1.54, 1.807) is 0 Å². The fourth-order valence-corrected chi connectivity index (χ4v) is 2.52. The van der Waals surface area contributed by atoms with Gasteiger partial charge in [0.1, 0.15) is 0 Å². The molecule has 0 saturated carbocycles. The van der Waals surface area contributed by atoms with Gasteiger partial charge >= 0.3 is 0 Å². The van der Waals surface area contributed by atoms with Crippen LogP contribution in [-0.2, 0) is 4.74 Å². The first-order valence-electron chi connectivity index (χ1n) is 6.34. The van der Waals surface area contributed by atoms with Gasteiger partial charge in [-0.15, -0.1) is 0 Å². The van der Waals surface area contributed by atoms with Gasteiger partial charge in [0.25, 0.3) is 0 Å². The van der Waals surface area contributed by atoms with Crippen LogP contribution in [0.15, 0.2) is 18.2 Å². The summed E-state index contributed by atoms with van der Waals surface area (Å²) in [6.07, 6.45) is 1.26. The molecule has 1 aliphatic heterocycles. The molecule has 0 aromatic heterocycles. The van der Waals surface area contributed by atoms with Crippen molar-refractivity contribution in [2.75, 3.05) is 19.7 Å². The second-order valence-corrected chi connectivity index (χ2v) is 5.06. The minimum atomic E-state index is 0.146. The molecule has 0 aliphatic carbocycles. The number of hydrogen-bond donors (Lipinski definition) is 1. The highest BCUT2D eigenvalue weighted by atomic mass is 35.5. The van der Waals surface area contributed by atoms with Crippen molar-refractivity contribution >= 4 is 11.6 Å². The maximum atomic E-state index is 6.35. The highest BCUT2D eigenvalue weighted by Crippen LogP contribution is 2.30. The molecule has 17 heavy (non-hydrogen) atoms. The third kappa shape index (κ3) is 3.01. The molecule has 1 aromatic carbocycles. The molecule has 2 rings (SSSR count). The summed E-state index contributed by atoms with van der Waals surface area (Å²) in [6, 6.07) is 6.34. The lowest BCUT2D eigenvalue weighted by atomic mass is 9.96. The average Bonchev–Trinajstić information content (AvgIpc) is 2.39. The number of nitrogens with one attached hydrogen (secondary N) is 1. The van der Waals surface area contributed by atoms with Crippen molar-refractivity contribution < 1.29 is 4.74 Å². The third-order valence-electron chi connectivity index (χ3n) is 3.47. The molecule has 94 valence electrons. The van der Waals surface area contributed by atoms with Crippen molar-refractivity contribution in [2.24, 2.45) is 0 Å². The van der Waals surface area contributed by atoms with Gasteiger partial charge in [-0.3, -0.25) is 0 Å². The van der Waals surface area contributed by atoms with E-state index < -0.39 is 0 Å². The number of halogens is 1. The van der Waals surface area contributed by atoms with Crippen LogP contribution in [0.3, 0.4) is 0 Å². The summed E-state index contributed by atoms with van der Waals surface area (Å²) in [5.74, 6) is 0.516. The lowest BCUT2D eigenvalue weighted by Crippen LogP contribution is -2.33. The Balaban J connectivity index is 2.17. The second kappa shape index (κ2) is 5.85. The molecule has 3 heteroatoms. The van der Waals surface area contributed by atoms with Gasteiger partial charge in [0, 0.05) is 18.1 Å². The fourth-order valence-electron chi connectivity index (χ4n) is 2.14. The quantitative estimate of drug-likeness (QED) is 0.890. The Morgan fingerprint density at radius 3 is 2.94 bits per heavy atom. The Morgan fingerprint density at radius 2 is 2.35 bits per heavy atom. The lowest BCUT2D eigenvalue weighted by Gasteiger charge is -2.24. The largest absolute Gasteiger partial charge is 0.371 e. The molecule has 1 fully saturated rings. The van der Waals surface area contributed by atoms with Crippen LogP contribution in [0.1, 0.15) is 43.4 Å². The van der Waals surface area contributed by atoms with Crippen LogP contribution in [0, 0.1) is 0 Å². The Hall–Kier alpha value is -0.570. The van der Waals surface area contributed by atoms with Crippen LogP contribution in [0.25, 0.3) is 0 Å². The van der Waals surface area contributed by atoms with Crippen molar-refractivity contribution in [2.45, 2.75) is 32.3 Å². The molecule has 0 amide bonds. The lowest BCUT2D eigenvalue weighted by molar-refractivity contribution is 0.0277. The standard InChI is InChI=1S/C14H20ClNO/c1-3-10(2)12-5-4-11(8-13(12)15)14-9-16-6-7-17-14/h4-5,8,10,14,16H,3,6-7,9H2,1-2H3. The van der Waals surface area contributed by atoms with Crippen molar-refractivity contribution in [3.63, 3.8) is 0 Å². The summed E-state index contributed by atoms with van der Waals surface area (Å²) in [5, 5.41) is 4.20. The average molecular weight is 254 g/mol. The van der Waals surface area contributed by atoms with E-state index in [9.17, 15) is 0 Å². The van der Waals surface area contributed by atoms with Crippen LogP contribution < -0.4 is 5.32 Å². The highest BCUT2D eigenvalue weighted by Gasteiger charge is 2.17. The van der Waals surface area contributed by atoms with Gasteiger partial charge in [0.2, 0.25) is 0 Å². The van der Waals surface area contributed by atoms with Crippen molar-refractivity contribution in [3.8, 4) is 0 Å². The molecule has 1 N–H and O–H groups in total. The molecule has 1 heterocycles. The Labute approximate surface area is 108 Å². The summed E-state index contributed by atoms with van der Waals surface area (Å²) >= 11 is 6.35. The van der Waals surface area contributed by atoms with Crippen LogP contribution in [-0.4, -0.2) is 19.7 Å². The zero-order chi connectivity index (χ0) is 12.3. The highest BCUT2D eigenvalue weighted by molar-refractivity contribution is 6.31. The van der Waals surface area contributed by atoms with Gasteiger partial charge < -0.3 is 10.1 Å². The maximum Gasteiger partial charge on any atom is 0.0950 e. The minimum Gasteiger partial charge on any atom is -0.371 e. The zero-order valence-electron chi connectivity index (χ0n) is 10.5. The van der Waals surface area contributed by atoms with Gasteiger partial charge in [-0.05, 0) is 29.5 Å². The molecule has 1 aromatic rings. The molecule has 0 radical (unpaired) electrons. The van der Waals surface area contributed by atoms with Gasteiger partial charge in [0.15, 0.2) is 0 Å². The number of ether oxygens (including phenoxy) is 1. The predicted octanol–water partition coefficient (Wildman–Crippen LogP) is 3.51. The van der Waals surface area contributed by atoms with Crippen molar-refractivity contribution in [1.82, 2.24) is 5.32 Å². The second-order valence-electron chi connectivity index (χ2n) is 4.65. The van der Waals surface area contributed by atoms with Gasteiger partial charge in [-0.1, -0.05) is 37.6 Å². The number of morpholine rings is 1. The monoisotopic (exact) mass is 253 g/mol. The van der Waals surface area contributed by atoms with Crippen LogP contribution >= 0.6 is 11.6 Å². The summed E-state index contributed by atoms with van der Waals surface area (Å²) in [5.41, 5.74) is 2.41. The fraction of sp³-hybridized carbons (Fsp3) is 0.571. The zero-order valence-corrected chi connectivity index (χ0v) is 11.3. The van der Waals surface area contributed by atoms with E-state index in [0.717, 1.165) is 31.1 Å². The Bertz CT molecular complexity index is 374. The van der Waals surface area contributed by atoms with E-state index in [2.05, 4.69) is 37.4 Å². The van der Waals surface area contributed by atoms with E-state index in [1.165, 1.54) is 11.1 Å². The Kier molecular flexibility index (Phi) is 4.43. The predicted molar refractivity (Wildman–Crippen MR) is 71.7 cm³/mol.